The second-order valence-corrected chi connectivity index (χ2v) is 12.9. The smallest absolute Gasteiger partial charge is 0.377 e. The molecule has 10 nitrogen and oxygen atoms in total. The van der Waals surface area contributed by atoms with Crippen molar-refractivity contribution in [2.45, 2.75) is 88.9 Å². The van der Waals surface area contributed by atoms with E-state index in [1.807, 2.05) is 23.6 Å². The number of ether oxygens (including phenoxy) is 2. The Morgan fingerprint density at radius 3 is 1.35 bits per heavy atom. The monoisotopic (exact) mass is 690 g/mol. The Balaban J connectivity index is 0.000000188. The molecule has 0 saturated carbocycles. The highest BCUT2D eigenvalue weighted by Crippen LogP contribution is 2.36. The Bertz CT molecular complexity index is 1370. The maximum absolute atomic E-state index is 13.3. The molecule has 6 heterocycles. The van der Waals surface area contributed by atoms with Crippen LogP contribution in [-0.4, -0.2) is 99.1 Å². The van der Waals surface area contributed by atoms with Crippen LogP contribution in [0.25, 0.3) is 0 Å². The summed E-state index contributed by atoms with van der Waals surface area (Å²) >= 11 is 0. The molecule has 2 N–H and O–H groups in total. The molecule has 6 rings (SSSR count). The van der Waals surface area contributed by atoms with Crippen molar-refractivity contribution in [3.8, 4) is 0 Å². The summed E-state index contributed by atoms with van der Waals surface area (Å²) < 4.78 is 90.8. The topological polar surface area (TPSA) is 97.1 Å². The Hall–Kier alpha value is -3.40. The van der Waals surface area contributed by atoms with Gasteiger partial charge in [0.25, 0.3) is 11.1 Å². The summed E-state index contributed by atoms with van der Waals surface area (Å²) in [6.45, 7) is 7.93. The molecule has 4 aliphatic rings. The number of hydrogen-bond donors (Lipinski definition) is 2. The predicted octanol–water partition coefficient (Wildman–Crippen LogP) is 5.04. The number of anilines is 4. The normalized spacial score (nSPS) is 25.8. The first-order chi connectivity index (χ1) is 22.7. The van der Waals surface area contributed by atoms with Crippen molar-refractivity contribution in [1.29, 1.82) is 0 Å². The van der Waals surface area contributed by atoms with Crippen LogP contribution in [0.4, 0.5) is 49.4 Å². The lowest BCUT2D eigenvalue weighted by atomic mass is 10.0. The highest BCUT2D eigenvalue weighted by atomic mass is 19.4. The first kappa shape index (κ1) is 35.9. The summed E-state index contributed by atoms with van der Waals surface area (Å²) in [7, 11) is 0. The number of nitrogens with zero attached hydrogens (tertiary/aromatic N) is 4. The van der Waals surface area contributed by atoms with Gasteiger partial charge in [-0.3, -0.25) is 9.59 Å². The second-order valence-electron chi connectivity index (χ2n) is 12.9. The summed E-state index contributed by atoms with van der Waals surface area (Å²) in [5.41, 5.74) is 0.535. The molecule has 4 fully saturated rings. The predicted molar refractivity (Wildman–Crippen MR) is 171 cm³/mol. The Morgan fingerprint density at radius 2 is 1.00 bits per heavy atom. The Kier molecular flexibility index (Phi) is 11.2. The zero-order chi connectivity index (χ0) is 34.6. The van der Waals surface area contributed by atoms with Gasteiger partial charge in [-0.15, -0.1) is 0 Å². The van der Waals surface area contributed by atoms with Crippen molar-refractivity contribution < 1.29 is 35.8 Å². The van der Waals surface area contributed by atoms with Gasteiger partial charge in [-0.25, -0.2) is 0 Å². The van der Waals surface area contributed by atoms with Crippen LogP contribution in [0.2, 0.25) is 0 Å². The van der Waals surface area contributed by atoms with Gasteiger partial charge >= 0.3 is 12.4 Å². The molecule has 0 aromatic carbocycles. The highest BCUT2D eigenvalue weighted by Gasteiger charge is 2.46. The van der Waals surface area contributed by atoms with E-state index in [0.29, 0.717) is 89.7 Å². The molecule has 0 aliphatic carbocycles. The molecule has 4 atom stereocenters. The third-order valence-electron chi connectivity index (χ3n) is 9.41. The molecule has 4 saturated heterocycles. The van der Waals surface area contributed by atoms with Crippen molar-refractivity contribution >= 4 is 23.0 Å². The molecule has 0 amide bonds. The van der Waals surface area contributed by atoms with Crippen LogP contribution < -0.4 is 30.7 Å². The quantitative estimate of drug-likeness (QED) is 0.431. The van der Waals surface area contributed by atoms with E-state index in [0.717, 1.165) is 0 Å². The number of morpholine rings is 2. The van der Waals surface area contributed by atoms with E-state index >= 15 is 0 Å². The molecule has 48 heavy (non-hydrogen) atoms. The average Bonchev–Trinajstić information content (AvgIpc) is 3.04. The van der Waals surface area contributed by atoms with Gasteiger partial charge in [0, 0.05) is 73.9 Å². The standard InChI is InChI=1S/2C16H22F3N3O2/c2*1-11-10-24-7-6-21(11)12-8-14(20-15(23)9-12)22-5-3-2-4-13(22)16(17,18)19/h2*8-9,11,13H,2-7,10H2,1H3,(H,20,23)/t11-,13+;11-,13-/m01/s1. The Morgan fingerprint density at radius 1 is 0.604 bits per heavy atom. The number of pyridine rings is 2. The summed E-state index contributed by atoms with van der Waals surface area (Å²) in [6, 6.07) is 3.27. The van der Waals surface area contributed by atoms with Crippen LogP contribution >= 0.6 is 0 Å². The second kappa shape index (κ2) is 15.0. The number of alkyl halides is 6. The van der Waals surface area contributed by atoms with Gasteiger partial charge in [-0.2, -0.15) is 26.3 Å². The number of nitrogens with one attached hydrogen (secondary N) is 2. The molecule has 2 aromatic rings. The molecule has 2 aromatic heterocycles. The van der Waals surface area contributed by atoms with Crippen LogP contribution in [-0.2, 0) is 9.47 Å². The first-order valence-corrected chi connectivity index (χ1v) is 16.6. The number of H-pyrrole nitrogens is 2. The molecule has 0 unspecified atom stereocenters. The number of aromatic amines is 2. The van der Waals surface area contributed by atoms with Gasteiger partial charge in [-0.05, 0) is 52.4 Å². The molecular formula is C32H44F6N6O4. The number of hydrogen-bond acceptors (Lipinski definition) is 8. The van der Waals surface area contributed by atoms with Crippen LogP contribution in [0.1, 0.15) is 52.4 Å². The zero-order valence-electron chi connectivity index (χ0n) is 27.2. The molecule has 0 bridgehead atoms. The van der Waals surface area contributed by atoms with Gasteiger partial charge in [0.2, 0.25) is 0 Å². The SMILES string of the molecule is C[C@@H]1COCCN1c1cc(N2CCCC[C@@H]2C(F)(F)F)[nH]c(=O)c1.C[C@H]1COCCN1c1cc(N2CCCC[C@@H]2C(F)(F)F)[nH]c(=O)c1. The minimum Gasteiger partial charge on any atom is -0.377 e. The van der Waals surface area contributed by atoms with E-state index in [4.69, 9.17) is 9.47 Å². The average molecular weight is 691 g/mol. The van der Waals surface area contributed by atoms with Gasteiger partial charge in [-0.1, -0.05) is 0 Å². The van der Waals surface area contributed by atoms with Crippen LogP contribution in [0.15, 0.2) is 33.9 Å². The third kappa shape index (κ3) is 8.60. The number of halogens is 6. The van der Waals surface area contributed by atoms with E-state index in [2.05, 4.69) is 9.97 Å². The number of piperidine rings is 2. The van der Waals surface area contributed by atoms with E-state index in [9.17, 15) is 35.9 Å². The maximum atomic E-state index is 13.3. The lowest BCUT2D eigenvalue weighted by Gasteiger charge is -2.39. The third-order valence-corrected chi connectivity index (χ3v) is 9.41. The number of rotatable bonds is 4. The molecule has 0 spiro atoms. The summed E-state index contributed by atoms with van der Waals surface area (Å²) in [4.78, 5) is 35.8. The maximum Gasteiger partial charge on any atom is 0.408 e. The van der Waals surface area contributed by atoms with Crippen molar-refractivity contribution in [3.05, 3.63) is 45.0 Å². The van der Waals surface area contributed by atoms with Gasteiger partial charge < -0.3 is 39.0 Å². The lowest BCUT2D eigenvalue weighted by molar-refractivity contribution is -0.153. The van der Waals surface area contributed by atoms with Crippen LogP contribution in [0, 0.1) is 0 Å². The van der Waals surface area contributed by atoms with Crippen molar-refractivity contribution in [2.24, 2.45) is 0 Å². The fraction of sp³-hybridized carbons (Fsp3) is 0.688. The first-order valence-electron chi connectivity index (χ1n) is 16.6. The van der Waals surface area contributed by atoms with Crippen LogP contribution in [0.3, 0.4) is 0 Å². The van der Waals surface area contributed by atoms with Gasteiger partial charge in [0.05, 0.1) is 26.4 Å². The summed E-state index contributed by atoms with van der Waals surface area (Å²) in [6.07, 6.45) is -6.03. The Labute approximate surface area is 275 Å². The van der Waals surface area contributed by atoms with Crippen molar-refractivity contribution in [2.75, 3.05) is 72.2 Å². The van der Waals surface area contributed by atoms with E-state index in [-0.39, 0.29) is 47.7 Å². The summed E-state index contributed by atoms with van der Waals surface area (Å²) in [5, 5.41) is 0. The fourth-order valence-corrected chi connectivity index (χ4v) is 7.01. The minimum absolute atomic E-state index is 0.0592. The zero-order valence-corrected chi connectivity index (χ0v) is 27.2. The van der Waals surface area contributed by atoms with Crippen molar-refractivity contribution in [1.82, 2.24) is 9.97 Å². The molecule has 16 heteroatoms. The minimum atomic E-state index is -4.31. The largest absolute Gasteiger partial charge is 0.408 e. The fourth-order valence-electron chi connectivity index (χ4n) is 7.01. The van der Waals surface area contributed by atoms with Crippen LogP contribution in [0.5, 0.6) is 0 Å². The van der Waals surface area contributed by atoms with E-state index in [1.165, 1.54) is 21.9 Å². The molecule has 0 radical (unpaired) electrons. The van der Waals surface area contributed by atoms with Crippen molar-refractivity contribution in [3.63, 3.8) is 0 Å². The summed E-state index contributed by atoms with van der Waals surface area (Å²) in [5.74, 6) is 0.497. The lowest BCUT2D eigenvalue weighted by Crippen LogP contribution is -2.49. The van der Waals surface area contributed by atoms with E-state index in [1.54, 1.807) is 12.1 Å². The van der Waals surface area contributed by atoms with Gasteiger partial charge in [0.15, 0.2) is 0 Å². The molecular weight excluding hydrogens is 646 g/mol. The van der Waals surface area contributed by atoms with Gasteiger partial charge in [0.1, 0.15) is 23.7 Å². The molecule has 268 valence electrons. The highest BCUT2D eigenvalue weighted by molar-refractivity contribution is 5.57. The number of aromatic nitrogens is 2. The van der Waals surface area contributed by atoms with E-state index < -0.39 is 24.4 Å². The molecule has 4 aliphatic heterocycles.